The SMILES string of the molecule is CC(N)CN1CCN(C2CC2)C(=O)C1. The molecule has 1 saturated carbocycles. The zero-order valence-corrected chi connectivity index (χ0v) is 8.78. The Hall–Kier alpha value is -0.610. The molecule has 0 aromatic rings. The van der Waals surface area contributed by atoms with Crippen LogP contribution in [-0.2, 0) is 4.79 Å². The van der Waals surface area contributed by atoms with E-state index in [0.717, 1.165) is 19.6 Å². The first-order valence-electron chi connectivity index (χ1n) is 5.44. The summed E-state index contributed by atoms with van der Waals surface area (Å²) >= 11 is 0. The van der Waals surface area contributed by atoms with Crippen LogP contribution in [0.5, 0.6) is 0 Å². The molecule has 0 radical (unpaired) electrons. The molecule has 80 valence electrons. The van der Waals surface area contributed by atoms with Crippen molar-refractivity contribution in [2.45, 2.75) is 31.8 Å². The summed E-state index contributed by atoms with van der Waals surface area (Å²) in [7, 11) is 0. The highest BCUT2D eigenvalue weighted by atomic mass is 16.2. The molecule has 2 rings (SSSR count). The van der Waals surface area contributed by atoms with Gasteiger partial charge in [-0.15, -0.1) is 0 Å². The van der Waals surface area contributed by atoms with Gasteiger partial charge in [-0.2, -0.15) is 0 Å². The normalized spacial score (nSPS) is 26.7. The summed E-state index contributed by atoms with van der Waals surface area (Å²) in [6, 6.07) is 0.732. The van der Waals surface area contributed by atoms with Crippen molar-refractivity contribution in [1.29, 1.82) is 0 Å². The average molecular weight is 197 g/mol. The van der Waals surface area contributed by atoms with Crippen molar-refractivity contribution in [2.24, 2.45) is 5.73 Å². The molecule has 1 saturated heterocycles. The fourth-order valence-electron chi connectivity index (χ4n) is 2.07. The molecule has 1 heterocycles. The van der Waals surface area contributed by atoms with Gasteiger partial charge in [0.05, 0.1) is 6.54 Å². The predicted octanol–water partition coefficient (Wildman–Crippen LogP) is -0.360. The molecule has 1 unspecified atom stereocenters. The highest BCUT2D eigenvalue weighted by molar-refractivity contribution is 5.79. The third-order valence-electron chi connectivity index (χ3n) is 2.87. The van der Waals surface area contributed by atoms with Gasteiger partial charge in [0.15, 0.2) is 0 Å². The number of rotatable bonds is 3. The monoisotopic (exact) mass is 197 g/mol. The summed E-state index contributed by atoms with van der Waals surface area (Å²) in [6.45, 7) is 5.28. The van der Waals surface area contributed by atoms with Crippen molar-refractivity contribution in [3.05, 3.63) is 0 Å². The first-order valence-corrected chi connectivity index (χ1v) is 5.44. The molecule has 0 spiro atoms. The lowest BCUT2D eigenvalue weighted by Gasteiger charge is -2.35. The minimum absolute atomic E-state index is 0.162. The zero-order chi connectivity index (χ0) is 10.1. The zero-order valence-electron chi connectivity index (χ0n) is 8.78. The second kappa shape index (κ2) is 3.87. The van der Waals surface area contributed by atoms with E-state index in [4.69, 9.17) is 5.73 Å². The Bertz CT molecular complexity index is 225. The van der Waals surface area contributed by atoms with Gasteiger partial charge >= 0.3 is 0 Å². The maximum absolute atomic E-state index is 11.7. The van der Waals surface area contributed by atoms with Gasteiger partial charge in [0.25, 0.3) is 0 Å². The Morgan fingerprint density at radius 2 is 2.21 bits per heavy atom. The lowest BCUT2D eigenvalue weighted by Crippen LogP contribution is -2.53. The molecule has 0 aromatic heterocycles. The van der Waals surface area contributed by atoms with E-state index in [1.807, 2.05) is 11.8 Å². The van der Waals surface area contributed by atoms with Crippen LogP contribution < -0.4 is 5.73 Å². The molecule has 14 heavy (non-hydrogen) atoms. The molecule has 2 fully saturated rings. The van der Waals surface area contributed by atoms with E-state index >= 15 is 0 Å². The Morgan fingerprint density at radius 3 is 2.71 bits per heavy atom. The number of nitrogens with zero attached hydrogens (tertiary/aromatic N) is 2. The lowest BCUT2D eigenvalue weighted by molar-refractivity contribution is -0.136. The second-order valence-corrected chi connectivity index (χ2v) is 4.53. The fourth-order valence-corrected chi connectivity index (χ4v) is 2.07. The number of carbonyl (C=O) groups excluding carboxylic acids is 1. The van der Waals surface area contributed by atoms with Crippen LogP contribution >= 0.6 is 0 Å². The van der Waals surface area contributed by atoms with Gasteiger partial charge in [0.1, 0.15) is 0 Å². The summed E-state index contributed by atoms with van der Waals surface area (Å²) in [5.41, 5.74) is 5.71. The molecule has 0 bridgehead atoms. The van der Waals surface area contributed by atoms with Crippen LogP contribution in [0.1, 0.15) is 19.8 Å². The molecule has 4 heteroatoms. The van der Waals surface area contributed by atoms with Gasteiger partial charge in [0, 0.05) is 31.7 Å². The predicted molar refractivity (Wildman–Crippen MR) is 54.8 cm³/mol. The maximum Gasteiger partial charge on any atom is 0.237 e. The van der Waals surface area contributed by atoms with E-state index in [9.17, 15) is 4.79 Å². The molecule has 2 aliphatic rings. The number of nitrogens with two attached hydrogens (primary N) is 1. The molecule has 2 N–H and O–H groups in total. The largest absolute Gasteiger partial charge is 0.337 e. The number of hydrogen-bond donors (Lipinski definition) is 1. The Balaban J connectivity index is 1.83. The van der Waals surface area contributed by atoms with E-state index < -0.39 is 0 Å². The minimum atomic E-state index is 0.162. The van der Waals surface area contributed by atoms with Crippen LogP contribution in [0.3, 0.4) is 0 Å². The van der Waals surface area contributed by atoms with Gasteiger partial charge in [-0.25, -0.2) is 0 Å². The summed E-state index contributed by atoms with van der Waals surface area (Å²) in [5.74, 6) is 0.291. The molecular weight excluding hydrogens is 178 g/mol. The molecule has 1 amide bonds. The van der Waals surface area contributed by atoms with Gasteiger partial charge in [-0.1, -0.05) is 0 Å². The van der Waals surface area contributed by atoms with E-state index in [0.29, 0.717) is 18.5 Å². The molecule has 1 aliphatic carbocycles. The summed E-state index contributed by atoms with van der Waals surface area (Å²) in [6.07, 6.45) is 2.41. The highest BCUT2D eigenvalue weighted by Crippen LogP contribution is 2.27. The van der Waals surface area contributed by atoms with Crippen LogP contribution in [0.2, 0.25) is 0 Å². The summed E-state index contributed by atoms with van der Waals surface area (Å²) < 4.78 is 0. The molecule has 0 aromatic carbocycles. The van der Waals surface area contributed by atoms with Crippen molar-refractivity contribution in [2.75, 3.05) is 26.2 Å². The fraction of sp³-hybridized carbons (Fsp3) is 0.900. The summed E-state index contributed by atoms with van der Waals surface area (Å²) in [5, 5.41) is 0. The first-order chi connectivity index (χ1) is 6.66. The number of piperazine rings is 1. The van der Waals surface area contributed by atoms with Crippen molar-refractivity contribution in [1.82, 2.24) is 9.80 Å². The Kier molecular flexibility index (Phi) is 2.74. The van der Waals surface area contributed by atoms with Crippen LogP contribution in [0.25, 0.3) is 0 Å². The van der Waals surface area contributed by atoms with Gasteiger partial charge < -0.3 is 10.6 Å². The third-order valence-corrected chi connectivity index (χ3v) is 2.87. The smallest absolute Gasteiger partial charge is 0.237 e. The molecular formula is C10H19N3O. The lowest BCUT2D eigenvalue weighted by atomic mass is 10.2. The van der Waals surface area contributed by atoms with Crippen LogP contribution in [0, 0.1) is 0 Å². The van der Waals surface area contributed by atoms with Crippen LogP contribution in [0.15, 0.2) is 0 Å². The topological polar surface area (TPSA) is 49.6 Å². The van der Waals surface area contributed by atoms with Crippen molar-refractivity contribution >= 4 is 5.91 Å². The van der Waals surface area contributed by atoms with E-state index in [1.54, 1.807) is 0 Å². The van der Waals surface area contributed by atoms with Crippen molar-refractivity contribution in [3.63, 3.8) is 0 Å². The Morgan fingerprint density at radius 1 is 1.50 bits per heavy atom. The average Bonchev–Trinajstić information content (AvgIpc) is 2.86. The highest BCUT2D eigenvalue weighted by Gasteiger charge is 2.35. The molecule has 1 atom stereocenters. The van der Waals surface area contributed by atoms with E-state index in [1.165, 1.54) is 12.8 Å². The van der Waals surface area contributed by atoms with E-state index in [2.05, 4.69) is 4.90 Å². The van der Waals surface area contributed by atoms with Crippen molar-refractivity contribution < 1.29 is 4.79 Å². The third kappa shape index (κ3) is 2.25. The minimum Gasteiger partial charge on any atom is -0.337 e. The second-order valence-electron chi connectivity index (χ2n) is 4.53. The van der Waals surface area contributed by atoms with E-state index in [-0.39, 0.29) is 6.04 Å². The van der Waals surface area contributed by atoms with Crippen LogP contribution in [-0.4, -0.2) is 54.0 Å². The first kappa shape index (κ1) is 9.93. The van der Waals surface area contributed by atoms with Gasteiger partial charge in [-0.3, -0.25) is 9.69 Å². The quantitative estimate of drug-likeness (QED) is 0.672. The van der Waals surface area contributed by atoms with Crippen molar-refractivity contribution in [3.8, 4) is 0 Å². The Labute approximate surface area is 85.0 Å². The van der Waals surface area contributed by atoms with Gasteiger partial charge in [-0.05, 0) is 19.8 Å². The maximum atomic E-state index is 11.7. The number of hydrogen-bond acceptors (Lipinski definition) is 3. The molecule has 1 aliphatic heterocycles. The van der Waals surface area contributed by atoms with Crippen LogP contribution in [0.4, 0.5) is 0 Å². The number of carbonyl (C=O) groups is 1. The molecule has 4 nitrogen and oxygen atoms in total. The van der Waals surface area contributed by atoms with Gasteiger partial charge in [0.2, 0.25) is 5.91 Å². The summed E-state index contributed by atoms with van der Waals surface area (Å²) in [4.78, 5) is 15.9. The standard InChI is InChI=1S/C10H19N3O/c1-8(11)6-12-4-5-13(9-2-3-9)10(14)7-12/h8-9H,2-7,11H2,1H3. The number of amides is 1.